The molecule has 3 atom stereocenters. The van der Waals surface area contributed by atoms with Crippen molar-refractivity contribution < 1.29 is 45.5 Å². The summed E-state index contributed by atoms with van der Waals surface area (Å²) in [6.45, 7) is 7.34. The van der Waals surface area contributed by atoms with E-state index in [-0.39, 0.29) is 55.9 Å². The highest BCUT2D eigenvalue weighted by molar-refractivity contribution is 7.90. The van der Waals surface area contributed by atoms with Crippen LogP contribution >= 0.6 is 0 Å². The average molecular weight is 968 g/mol. The van der Waals surface area contributed by atoms with Crippen molar-refractivity contribution in [2.24, 2.45) is 5.92 Å². The van der Waals surface area contributed by atoms with E-state index in [1.807, 2.05) is 41.1 Å². The Bertz CT molecular complexity index is 2980. The number of hydrogen-bond acceptors (Lipinski definition) is 11. The van der Waals surface area contributed by atoms with E-state index in [0.29, 0.717) is 40.2 Å². The number of carbonyl (C=O) groups is 4. The first-order valence-corrected chi connectivity index (χ1v) is 24.7. The number of ketones is 1. The van der Waals surface area contributed by atoms with Gasteiger partial charge >= 0.3 is 10.2 Å². The van der Waals surface area contributed by atoms with Crippen LogP contribution in [0.4, 0.5) is 30.2 Å². The molecule has 3 N–H and O–H groups in total. The number of nitrogens with zero attached hydrogens (tertiary/aromatic N) is 6. The lowest BCUT2D eigenvalue weighted by Gasteiger charge is -2.43. The lowest BCUT2D eigenvalue weighted by Crippen LogP contribution is -2.53. The number of aromatic nitrogens is 2. The molecule has 69 heavy (non-hydrogen) atoms. The molecule has 7 heterocycles. The number of amides is 3. The van der Waals surface area contributed by atoms with Crippen LogP contribution in [-0.4, -0.2) is 134 Å². The molecule has 4 fully saturated rings. The van der Waals surface area contributed by atoms with Crippen molar-refractivity contribution in [1.82, 2.24) is 29.4 Å². The number of ether oxygens (including phenoxy) is 1. The molecule has 5 aliphatic heterocycles. The van der Waals surface area contributed by atoms with Crippen molar-refractivity contribution in [3.05, 3.63) is 101 Å². The summed E-state index contributed by atoms with van der Waals surface area (Å²) in [5, 5.41) is 2.69. The van der Waals surface area contributed by atoms with Crippen LogP contribution in [0.15, 0.2) is 67.0 Å². The van der Waals surface area contributed by atoms with Gasteiger partial charge in [-0.3, -0.25) is 34.1 Å². The molecule has 1 unspecified atom stereocenters. The van der Waals surface area contributed by atoms with Gasteiger partial charge in [0.1, 0.15) is 29.4 Å². The van der Waals surface area contributed by atoms with Gasteiger partial charge in [-0.1, -0.05) is 12.1 Å². The van der Waals surface area contributed by atoms with Crippen molar-refractivity contribution in [3.63, 3.8) is 0 Å². The van der Waals surface area contributed by atoms with Crippen molar-refractivity contribution in [2.75, 3.05) is 74.0 Å². The fraction of sp³-hybridized carbons (Fsp3) is 0.408. The summed E-state index contributed by atoms with van der Waals surface area (Å²) in [7, 11) is -2.81. The van der Waals surface area contributed by atoms with E-state index >= 15 is 8.78 Å². The molecule has 5 aromatic rings. The van der Waals surface area contributed by atoms with Gasteiger partial charge in [-0.15, -0.1) is 0 Å². The molecular formula is C49H52F3N9O7S. The maximum Gasteiger partial charge on any atom is 0.301 e. The normalized spacial score (nSPS) is 21.8. The minimum atomic E-state index is -4.36. The van der Waals surface area contributed by atoms with Gasteiger partial charge in [0.25, 0.3) is 5.91 Å². The number of piperazine rings is 1. The van der Waals surface area contributed by atoms with E-state index in [0.717, 1.165) is 91.0 Å². The number of halogens is 3. The van der Waals surface area contributed by atoms with Gasteiger partial charge in [0.2, 0.25) is 17.6 Å². The average Bonchev–Trinajstić information content (AvgIpc) is 4.07. The van der Waals surface area contributed by atoms with Crippen molar-refractivity contribution in [2.45, 2.75) is 63.8 Å². The number of fused-ring (bicyclic) bond motifs is 2. The molecule has 0 aliphatic carbocycles. The monoisotopic (exact) mass is 967 g/mol. The lowest BCUT2D eigenvalue weighted by molar-refractivity contribution is -0.136. The Balaban J connectivity index is 0.747. The van der Waals surface area contributed by atoms with E-state index in [2.05, 4.69) is 36.9 Å². The molecule has 2 aromatic heterocycles. The maximum absolute atomic E-state index is 15.8. The van der Waals surface area contributed by atoms with Gasteiger partial charge in [-0.05, 0) is 86.1 Å². The van der Waals surface area contributed by atoms with Crippen LogP contribution < -0.4 is 24.6 Å². The third kappa shape index (κ3) is 8.89. The summed E-state index contributed by atoms with van der Waals surface area (Å²) in [6.07, 6.45) is 4.18. The largest absolute Gasteiger partial charge is 0.496 e. The SMILES string of the molecule is COc1cc(N2CCN(CC3CCN(c4ccc(-c5cnc6[nH]cc(C(=O)c7c(F)ccc(NS(=O)(=O)N8CC[C@@H](F)C8)c7F)c6c5)cc4)CC3)[C@@H](C)C2)cc2c1C(=O)N(C1CCC(=O)NC1=O)C2. The Morgan fingerprint density at radius 3 is 2.39 bits per heavy atom. The van der Waals surface area contributed by atoms with Gasteiger partial charge in [0.15, 0.2) is 5.82 Å². The molecule has 3 aromatic carbocycles. The second-order valence-electron chi connectivity index (χ2n) is 18.6. The van der Waals surface area contributed by atoms with Crippen molar-refractivity contribution in [1.29, 1.82) is 0 Å². The Morgan fingerprint density at radius 1 is 0.899 bits per heavy atom. The Hall–Kier alpha value is -6.51. The summed E-state index contributed by atoms with van der Waals surface area (Å²) in [5.41, 5.74) is 3.55. The van der Waals surface area contributed by atoms with E-state index in [4.69, 9.17) is 4.74 Å². The van der Waals surface area contributed by atoms with Crippen LogP contribution in [0.1, 0.15) is 70.9 Å². The number of carbonyl (C=O) groups excluding carboxylic acids is 4. The van der Waals surface area contributed by atoms with Crippen LogP contribution in [0.3, 0.4) is 0 Å². The minimum Gasteiger partial charge on any atom is -0.496 e. The number of nitrogens with one attached hydrogen (secondary N) is 3. The zero-order valence-electron chi connectivity index (χ0n) is 38.1. The highest BCUT2D eigenvalue weighted by Gasteiger charge is 2.41. The standard InChI is InChI=1S/C49H52F3N9O7S/c1-28-24-59(35-19-32-26-61(40-9-10-42(62)55-48(40)64)49(65)43(32)41(21-35)68-2)18-17-58(28)25-29-11-14-57(15-12-29)34-5-3-30(4-6-34)31-20-36-37(23-54-47(36)53-22-31)46(63)44-38(51)7-8-39(45(44)52)56-69(66,67)60-16-13-33(50)27-60/h3-8,19-23,28-29,33,40,56H,9-18,24-27H2,1-2H3,(H,53,54)(H,55,62,64)/t28-,33+,40?/m0/s1. The number of rotatable bonds is 12. The number of H-pyrrole nitrogens is 1. The predicted molar refractivity (Wildman–Crippen MR) is 252 cm³/mol. The molecule has 5 aliphatic rings. The molecule has 10 rings (SSSR count). The minimum absolute atomic E-state index is 0.000830. The number of benzene rings is 3. The number of alkyl halides is 1. The first-order chi connectivity index (χ1) is 33.1. The highest BCUT2D eigenvalue weighted by Crippen LogP contribution is 2.39. The van der Waals surface area contributed by atoms with Crippen LogP contribution in [0.2, 0.25) is 0 Å². The van der Waals surface area contributed by atoms with Gasteiger partial charge in [0, 0.05) is 118 Å². The fourth-order valence-electron chi connectivity index (χ4n) is 10.5. The second kappa shape index (κ2) is 18.4. The summed E-state index contributed by atoms with van der Waals surface area (Å²) in [5.74, 6) is -3.56. The molecule has 0 saturated carbocycles. The lowest BCUT2D eigenvalue weighted by atomic mass is 9.94. The Kier molecular flexibility index (Phi) is 12.3. The van der Waals surface area contributed by atoms with Crippen LogP contribution in [0, 0.1) is 17.6 Å². The zero-order chi connectivity index (χ0) is 48.3. The Labute approximate surface area is 396 Å². The molecule has 362 valence electrons. The first kappa shape index (κ1) is 46.2. The number of methoxy groups -OCH3 is 1. The van der Waals surface area contributed by atoms with Crippen LogP contribution in [-0.2, 0) is 26.3 Å². The molecule has 16 nitrogen and oxygen atoms in total. The zero-order valence-corrected chi connectivity index (χ0v) is 39.0. The molecule has 0 radical (unpaired) electrons. The molecule has 4 saturated heterocycles. The number of piperidine rings is 2. The van der Waals surface area contributed by atoms with E-state index in [1.54, 1.807) is 24.3 Å². The summed E-state index contributed by atoms with van der Waals surface area (Å²) >= 11 is 0. The van der Waals surface area contributed by atoms with Gasteiger partial charge in [-0.2, -0.15) is 12.7 Å². The van der Waals surface area contributed by atoms with E-state index < -0.39 is 57.0 Å². The van der Waals surface area contributed by atoms with Crippen LogP contribution in [0.25, 0.3) is 22.2 Å². The van der Waals surface area contributed by atoms with E-state index in [1.165, 1.54) is 6.20 Å². The second-order valence-corrected chi connectivity index (χ2v) is 20.3. The maximum atomic E-state index is 15.8. The summed E-state index contributed by atoms with van der Waals surface area (Å²) < 4.78 is 79.0. The smallest absolute Gasteiger partial charge is 0.301 e. The molecule has 3 amide bonds. The molecule has 0 bridgehead atoms. The van der Waals surface area contributed by atoms with Crippen molar-refractivity contribution in [3.8, 4) is 16.9 Å². The number of pyridine rings is 1. The highest BCUT2D eigenvalue weighted by atomic mass is 32.2. The first-order valence-electron chi connectivity index (χ1n) is 23.3. The van der Waals surface area contributed by atoms with Crippen molar-refractivity contribution >= 4 is 61.8 Å². The number of anilines is 3. The third-order valence-electron chi connectivity index (χ3n) is 14.4. The van der Waals surface area contributed by atoms with Gasteiger partial charge in [-0.25, -0.2) is 18.2 Å². The van der Waals surface area contributed by atoms with Gasteiger partial charge in [0.05, 0.1) is 23.9 Å². The third-order valence-corrected chi connectivity index (χ3v) is 15.8. The fourth-order valence-corrected chi connectivity index (χ4v) is 11.8. The summed E-state index contributed by atoms with van der Waals surface area (Å²) in [4.78, 5) is 67.9. The number of hydrogen-bond donors (Lipinski definition) is 3. The topological polar surface area (TPSA) is 181 Å². The molecular weight excluding hydrogens is 916 g/mol. The van der Waals surface area contributed by atoms with Crippen LogP contribution in [0.5, 0.6) is 5.75 Å². The molecule has 20 heteroatoms. The number of aromatic amines is 1. The molecule has 0 spiro atoms. The number of imide groups is 1. The van der Waals surface area contributed by atoms with E-state index in [9.17, 15) is 32.0 Å². The Morgan fingerprint density at radius 2 is 1.68 bits per heavy atom. The predicted octanol–water partition coefficient (Wildman–Crippen LogP) is 5.64. The van der Waals surface area contributed by atoms with Gasteiger partial charge < -0.3 is 24.4 Å². The summed E-state index contributed by atoms with van der Waals surface area (Å²) in [6, 6.07) is 15.0. The quantitative estimate of drug-likeness (QED) is 0.104.